The first-order valence-electron chi connectivity index (χ1n) is 10.9. The summed E-state index contributed by atoms with van der Waals surface area (Å²) < 4.78 is 59.5. The number of hydroxylamine groups is 2. The fourth-order valence-corrected chi connectivity index (χ4v) is 5.98. The van der Waals surface area contributed by atoms with Gasteiger partial charge in [-0.2, -0.15) is 13.5 Å². The molecule has 0 fully saturated rings. The molecule has 0 radical (unpaired) electrons. The van der Waals surface area contributed by atoms with Gasteiger partial charge in [-0.3, -0.25) is 14.1 Å². The Hall–Kier alpha value is -4.06. The molecule has 5 N–H and O–H groups in total. The monoisotopic (exact) mass is 555 g/mol. The first-order valence-corrected chi connectivity index (χ1v) is 14.0. The van der Waals surface area contributed by atoms with Crippen molar-refractivity contribution >= 4 is 48.6 Å². The number of carbonyl (C=O) groups is 2. The van der Waals surface area contributed by atoms with Crippen LogP contribution in [0.2, 0.25) is 0 Å². The fraction of sp³-hybridized carbons (Fsp3) is 0.120. The van der Waals surface area contributed by atoms with E-state index in [0.717, 1.165) is 6.07 Å². The lowest BCUT2D eigenvalue weighted by atomic mass is 9.82. The summed E-state index contributed by atoms with van der Waals surface area (Å²) in [6, 6.07) is 12.2. The zero-order chi connectivity index (χ0) is 27.8. The van der Waals surface area contributed by atoms with Crippen LogP contribution >= 0.6 is 0 Å². The van der Waals surface area contributed by atoms with E-state index in [4.69, 9.17) is 12.2 Å². The topological polar surface area (TPSA) is 184 Å². The second-order valence-corrected chi connectivity index (χ2v) is 11.8. The van der Waals surface area contributed by atoms with Gasteiger partial charge in [-0.1, -0.05) is 36.3 Å². The number of nitrogens with two attached hydrogens (primary N) is 1. The normalized spacial score (nSPS) is 13.1. The van der Waals surface area contributed by atoms with E-state index >= 15 is 0 Å². The van der Waals surface area contributed by atoms with Gasteiger partial charge in [0.2, 0.25) is 0 Å². The predicted octanol–water partition coefficient (Wildman–Crippen LogP) is 2.13. The Bertz CT molecular complexity index is 1740. The number of nitrogens with zero attached hydrogens (tertiary/aromatic N) is 1. The zero-order valence-electron chi connectivity index (χ0n) is 19.6. The Balaban J connectivity index is 1.81. The molecule has 0 spiro atoms. The summed E-state index contributed by atoms with van der Waals surface area (Å²) in [5, 5.41) is 13.1. The molecule has 0 bridgehead atoms. The van der Waals surface area contributed by atoms with Gasteiger partial charge in [0, 0.05) is 23.4 Å². The van der Waals surface area contributed by atoms with E-state index < -0.39 is 53.4 Å². The third-order valence-corrected chi connectivity index (χ3v) is 8.43. The quantitative estimate of drug-likeness (QED) is 0.108. The van der Waals surface area contributed by atoms with Crippen LogP contribution in [0.4, 0.5) is 17.1 Å². The van der Waals surface area contributed by atoms with Gasteiger partial charge >= 0.3 is 0 Å². The molecule has 0 aliphatic heterocycles. The highest BCUT2D eigenvalue weighted by molar-refractivity contribution is 7.91. The van der Waals surface area contributed by atoms with Gasteiger partial charge in [0.15, 0.2) is 21.4 Å². The molecule has 38 heavy (non-hydrogen) atoms. The highest BCUT2D eigenvalue weighted by atomic mass is 32.2. The van der Waals surface area contributed by atoms with Crippen LogP contribution in [0.3, 0.4) is 0 Å². The number of benzene rings is 3. The van der Waals surface area contributed by atoms with Crippen LogP contribution in [0, 0.1) is 12.3 Å². The van der Waals surface area contributed by atoms with Crippen LogP contribution < -0.4 is 11.1 Å². The minimum atomic E-state index is -4.92. The minimum absolute atomic E-state index is 0.0194. The lowest BCUT2D eigenvalue weighted by Gasteiger charge is -2.23. The van der Waals surface area contributed by atoms with E-state index in [1.807, 2.05) is 0 Å². The van der Waals surface area contributed by atoms with Crippen LogP contribution in [0.25, 0.3) is 0 Å². The van der Waals surface area contributed by atoms with Gasteiger partial charge in [0.1, 0.15) is 4.90 Å². The maximum absolute atomic E-state index is 13.4. The Labute approximate surface area is 218 Å². The van der Waals surface area contributed by atoms with Crippen molar-refractivity contribution in [3.63, 3.8) is 0 Å². The highest BCUT2D eigenvalue weighted by Crippen LogP contribution is 2.40. The molecule has 196 valence electrons. The first kappa shape index (κ1) is 27.0. The van der Waals surface area contributed by atoms with Crippen molar-refractivity contribution in [3.05, 3.63) is 76.9 Å². The largest absolute Gasteiger partial charge is 0.397 e. The van der Waals surface area contributed by atoms with Crippen molar-refractivity contribution in [2.45, 2.75) is 9.79 Å². The first-order chi connectivity index (χ1) is 17.8. The molecule has 0 atom stereocenters. The molecule has 1 aliphatic rings. The molecule has 0 saturated carbocycles. The number of hydrogen-bond donors (Lipinski definition) is 4. The average Bonchev–Trinajstić information content (AvgIpc) is 2.86. The molecule has 3 aromatic rings. The smallest absolute Gasteiger partial charge is 0.296 e. The standard InChI is InChI=1S/C25H21N3O8S2/c1-2-10-28(31)11-12-37(32,33)16-7-5-6-15(13-16)27-19-14-20(38(34,35)36)23(26)22-21(19)24(29)17-8-3-4-9-18(17)25(22)30/h1,3-9,13-14,27,31H,10-12,26H2,(H,34,35,36). The number of terminal acetylenes is 1. The second-order valence-electron chi connectivity index (χ2n) is 8.33. The molecule has 11 nitrogen and oxygen atoms in total. The van der Waals surface area contributed by atoms with Gasteiger partial charge in [0.05, 0.1) is 39.7 Å². The lowest BCUT2D eigenvalue weighted by Crippen LogP contribution is -2.26. The van der Waals surface area contributed by atoms with Gasteiger partial charge in [-0.05, 0) is 24.3 Å². The van der Waals surface area contributed by atoms with E-state index in [-0.39, 0.29) is 46.1 Å². The number of anilines is 3. The fourth-order valence-electron chi connectivity index (χ4n) is 4.06. The summed E-state index contributed by atoms with van der Waals surface area (Å²) in [7, 11) is -8.81. The summed E-state index contributed by atoms with van der Waals surface area (Å²) in [5.74, 6) is 0.402. The third-order valence-electron chi connectivity index (χ3n) is 5.84. The van der Waals surface area contributed by atoms with Crippen LogP contribution in [0.1, 0.15) is 31.8 Å². The highest BCUT2D eigenvalue weighted by Gasteiger charge is 2.36. The van der Waals surface area contributed by atoms with Gasteiger partial charge in [-0.15, -0.1) is 6.42 Å². The van der Waals surface area contributed by atoms with E-state index in [1.165, 1.54) is 42.5 Å². The minimum Gasteiger partial charge on any atom is -0.397 e. The van der Waals surface area contributed by atoms with E-state index in [0.29, 0.717) is 5.06 Å². The van der Waals surface area contributed by atoms with E-state index in [1.54, 1.807) is 6.07 Å². The third kappa shape index (κ3) is 5.03. The van der Waals surface area contributed by atoms with E-state index in [2.05, 4.69) is 11.2 Å². The van der Waals surface area contributed by atoms with E-state index in [9.17, 15) is 36.2 Å². The zero-order valence-corrected chi connectivity index (χ0v) is 21.2. The molecule has 4 rings (SSSR count). The number of ketones is 2. The van der Waals surface area contributed by atoms with Gasteiger partial charge in [0.25, 0.3) is 10.1 Å². The van der Waals surface area contributed by atoms with Gasteiger partial charge in [-0.25, -0.2) is 8.42 Å². The van der Waals surface area contributed by atoms with Crippen LogP contribution in [-0.4, -0.2) is 62.1 Å². The van der Waals surface area contributed by atoms with Gasteiger partial charge < -0.3 is 16.3 Å². The Morgan fingerprint density at radius 2 is 1.58 bits per heavy atom. The SMILES string of the molecule is C#CCN(O)CCS(=O)(=O)c1cccc(Nc2cc(S(=O)(=O)O)c(N)c3c2C(=O)c2ccccc2C3=O)c1. The van der Waals surface area contributed by atoms with Crippen molar-refractivity contribution in [2.75, 3.05) is 29.9 Å². The van der Waals surface area contributed by atoms with Crippen molar-refractivity contribution in [1.29, 1.82) is 0 Å². The Morgan fingerprint density at radius 1 is 0.947 bits per heavy atom. The number of sulfone groups is 1. The lowest BCUT2D eigenvalue weighted by molar-refractivity contribution is -0.0726. The number of nitrogen functional groups attached to an aromatic ring is 1. The number of hydrogen-bond acceptors (Lipinski definition) is 10. The van der Waals surface area contributed by atoms with Crippen LogP contribution in [0.5, 0.6) is 0 Å². The summed E-state index contributed by atoms with van der Waals surface area (Å²) in [5.41, 5.74) is 4.80. The van der Waals surface area contributed by atoms with Crippen molar-refractivity contribution in [1.82, 2.24) is 5.06 Å². The van der Waals surface area contributed by atoms with Crippen molar-refractivity contribution in [3.8, 4) is 12.3 Å². The molecule has 3 aromatic carbocycles. The maximum Gasteiger partial charge on any atom is 0.296 e. The molecular weight excluding hydrogens is 534 g/mol. The van der Waals surface area contributed by atoms with Crippen molar-refractivity contribution < 1.29 is 36.2 Å². The Kier molecular flexibility index (Phi) is 7.11. The second kappa shape index (κ2) is 10.0. The predicted molar refractivity (Wildman–Crippen MR) is 138 cm³/mol. The molecule has 0 saturated heterocycles. The Morgan fingerprint density at radius 3 is 2.18 bits per heavy atom. The summed E-state index contributed by atoms with van der Waals surface area (Å²) in [6.45, 7) is -0.408. The summed E-state index contributed by atoms with van der Waals surface area (Å²) >= 11 is 0. The number of fused-ring (bicyclic) bond motifs is 2. The molecule has 1 aliphatic carbocycles. The molecule has 0 unspecified atom stereocenters. The van der Waals surface area contributed by atoms with Crippen LogP contribution in [0.15, 0.2) is 64.4 Å². The molecule has 0 amide bonds. The molecule has 0 heterocycles. The maximum atomic E-state index is 13.4. The summed E-state index contributed by atoms with van der Waals surface area (Å²) in [4.78, 5) is 25.7. The van der Waals surface area contributed by atoms with Crippen molar-refractivity contribution in [2.24, 2.45) is 0 Å². The molecule has 13 heteroatoms. The number of carbonyl (C=O) groups excluding carboxylic acids is 2. The number of nitrogens with one attached hydrogen (secondary N) is 1. The molecule has 0 aromatic heterocycles. The van der Waals surface area contributed by atoms with Crippen LogP contribution in [-0.2, 0) is 20.0 Å². The average molecular weight is 556 g/mol. The number of rotatable bonds is 8. The molecular formula is C25H21N3O8S2. The summed E-state index contributed by atoms with van der Waals surface area (Å²) in [6.07, 6.45) is 5.10.